The number of piperazine rings is 1. The first-order valence-electron chi connectivity index (χ1n) is 12.3. The zero-order chi connectivity index (χ0) is 24.1. The first-order chi connectivity index (χ1) is 15.9. The molecule has 7 aliphatic rings. The van der Waals surface area contributed by atoms with Gasteiger partial charge in [0.25, 0.3) is 0 Å². The van der Waals surface area contributed by atoms with E-state index in [1.54, 1.807) is 11.0 Å². The Morgan fingerprint density at radius 3 is 2.76 bits per heavy atom. The Morgan fingerprint density at radius 2 is 2.00 bits per heavy atom. The molecule has 1 aromatic rings. The van der Waals surface area contributed by atoms with E-state index in [2.05, 4.69) is 5.32 Å². The number of hydrogen-bond donors (Lipinski definition) is 3. The van der Waals surface area contributed by atoms with Crippen LogP contribution in [-0.4, -0.2) is 51.1 Å². The van der Waals surface area contributed by atoms with Crippen molar-refractivity contribution in [3.63, 3.8) is 0 Å². The van der Waals surface area contributed by atoms with Crippen LogP contribution in [0.5, 0.6) is 5.75 Å². The molecule has 6 aliphatic heterocycles. The van der Waals surface area contributed by atoms with Crippen LogP contribution >= 0.6 is 0 Å². The molecule has 0 radical (unpaired) electrons. The number of nitrogens with zero attached hydrogens (tertiary/aromatic N) is 1. The van der Waals surface area contributed by atoms with Crippen molar-refractivity contribution in [3.05, 3.63) is 34.5 Å². The Balaban J connectivity index is 1.43. The molecule has 8 nitrogen and oxygen atoms in total. The molecule has 8 heteroatoms. The van der Waals surface area contributed by atoms with Crippen molar-refractivity contribution in [1.82, 2.24) is 10.2 Å². The van der Waals surface area contributed by atoms with E-state index in [1.807, 2.05) is 45.9 Å². The van der Waals surface area contributed by atoms with Gasteiger partial charge in [-0.25, -0.2) is 0 Å². The van der Waals surface area contributed by atoms with Gasteiger partial charge >= 0.3 is 0 Å². The summed E-state index contributed by atoms with van der Waals surface area (Å²) >= 11 is 0. The van der Waals surface area contributed by atoms with Crippen LogP contribution in [0.3, 0.4) is 0 Å². The fourth-order valence-electron chi connectivity index (χ4n) is 8.59. The van der Waals surface area contributed by atoms with Gasteiger partial charge in [-0.3, -0.25) is 9.59 Å². The summed E-state index contributed by atoms with van der Waals surface area (Å²) < 4.78 is 6.12. The summed E-state index contributed by atoms with van der Waals surface area (Å²) in [4.78, 5) is 29.1. The zero-order valence-electron chi connectivity index (χ0n) is 20.0. The number of benzene rings is 1. The summed E-state index contributed by atoms with van der Waals surface area (Å²) in [5.41, 5.74) is -3.04. The van der Waals surface area contributed by atoms with Gasteiger partial charge < -0.3 is 30.3 Å². The Bertz CT molecular complexity index is 1220. The number of aliphatic hydroxyl groups is 1. The molecule has 2 amide bonds. The first-order valence-corrected chi connectivity index (χ1v) is 12.3. The van der Waals surface area contributed by atoms with Gasteiger partial charge in [0, 0.05) is 24.3 Å². The molecule has 1 saturated carbocycles. The molecule has 2 spiro atoms. The molecule has 4 saturated heterocycles. The maximum atomic E-state index is 14.1. The number of nitrogens with one attached hydrogen (secondary N) is 2. The molecule has 6 atom stereocenters. The highest BCUT2D eigenvalue weighted by atomic mass is 16.5. The highest BCUT2D eigenvalue weighted by Crippen LogP contribution is 2.64. The highest BCUT2D eigenvalue weighted by Gasteiger charge is 2.79. The average Bonchev–Trinajstić information content (AvgIpc) is 3.27. The number of hydrogen-bond acceptors (Lipinski definition) is 5. The minimum Gasteiger partial charge on any atom is -0.629 e. The number of hydroxylamine groups is 1. The SMILES string of the molecule is CC1(C)C=Cc2c(ccc3c2[NH+]([O-])C2C(C)(C)[C@H]4C[C@@]56CCCN5C(=O)[C@@]4(C[C@@]32O)NC6=O)O1. The summed E-state index contributed by atoms with van der Waals surface area (Å²) in [6.45, 7) is 8.48. The number of amides is 2. The zero-order valence-corrected chi connectivity index (χ0v) is 20.0. The van der Waals surface area contributed by atoms with E-state index in [0.29, 0.717) is 42.0 Å². The summed E-state index contributed by atoms with van der Waals surface area (Å²) in [5, 5.41) is 29.5. The molecule has 0 aromatic heterocycles. The fraction of sp³-hybridized carbons (Fsp3) is 0.615. The van der Waals surface area contributed by atoms with E-state index >= 15 is 0 Å². The number of quaternary nitrogens is 1. The Morgan fingerprint density at radius 1 is 1.24 bits per heavy atom. The van der Waals surface area contributed by atoms with Crippen molar-refractivity contribution in [1.29, 1.82) is 0 Å². The topological polar surface area (TPSA) is 106 Å². The van der Waals surface area contributed by atoms with Crippen molar-refractivity contribution >= 4 is 23.6 Å². The van der Waals surface area contributed by atoms with Crippen LogP contribution in [0.15, 0.2) is 18.2 Å². The van der Waals surface area contributed by atoms with E-state index in [-0.39, 0.29) is 29.2 Å². The van der Waals surface area contributed by atoms with Crippen molar-refractivity contribution in [3.8, 4) is 5.75 Å². The molecule has 1 aromatic carbocycles. The van der Waals surface area contributed by atoms with Gasteiger partial charge in [-0.1, -0.05) is 13.8 Å². The van der Waals surface area contributed by atoms with Crippen molar-refractivity contribution < 1.29 is 24.5 Å². The third-order valence-corrected chi connectivity index (χ3v) is 9.88. The van der Waals surface area contributed by atoms with Gasteiger partial charge in [0.05, 0.1) is 11.1 Å². The van der Waals surface area contributed by atoms with E-state index < -0.39 is 33.7 Å². The number of carbonyl (C=O) groups is 2. The molecule has 2 unspecified atom stereocenters. The molecule has 8 rings (SSSR count). The van der Waals surface area contributed by atoms with Crippen molar-refractivity contribution in [2.45, 2.75) is 81.7 Å². The maximum Gasteiger partial charge on any atom is 0.249 e. The number of piperidine rings is 2. The normalized spacial score (nSPS) is 43.9. The third kappa shape index (κ3) is 2.05. The molecule has 34 heavy (non-hydrogen) atoms. The molecule has 6 heterocycles. The number of fused-ring (bicyclic) bond motifs is 6. The lowest BCUT2D eigenvalue weighted by Crippen LogP contribution is -3.10. The Labute approximate surface area is 198 Å². The van der Waals surface area contributed by atoms with Gasteiger partial charge in [-0.05, 0) is 57.4 Å². The molecule has 5 fully saturated rings. The first kappa shape index (κ1) is 20.9. The van der Waals surface area contributed by atoms with Crippen LogP contribution in [0.2, 0.25) is 0 Å². The lowest BCUT2D eigenvalue weighted by molar-refractivity contribution is -0.822. The quantitative estimate of drug-likeness (QED) is 0.498. The Hall–Kier alpha value is -2.42. The summed E-state index contributed by atoms with van der Waals surface area (Å²) in [5.74, 6) is 0.196. The second kappa shape index (κ2) is 5.69. The fourth-order valence-corrected chi connectivity index (χ4v) is 8.59. The molecular weight excluding hydrogens is 434 g/mol. The van der Waals surface area contributed by atoms with Crippen molar-refractivity contribution in [2.75, 3.05) is 6.54 Å². The van der Waals surface area contributed by atoms with Gasteiger partial charge in [0.1, 0.15) is 34.2 Å². The standard InChI is InChI=1S/C26H31N3O5/c1-22(2)10-8-14-16(34-22)7-6-15-18(14)29(33)19-23(3,4)17-12-24-9-5-11-28(24)21(31)25(17,27-20(24)30)13-26(15,19)32/h6-8,10,17,19,29,32H,5,9,11-13H2,1-4H3,(H,27,30)/t17-,19?,24-,25+,26-/m1/s1. The minimum atomic E-state index is -1.55. The monoisotopic (exact) mass is 465 g/mol. The highest BCUT2D eigenvalue weighted by molar-refractivity contribution is 6.05. The van der Waals surface area contributed by atoms with Crippen LogP contribution in [0.25, 0.3) is 6.08 Å². The Kier molecular flexibility index (Phi) is 3.50. The minimum absolute atomic E-state index is 0.0174. The van der Waals surface area contributed by atoms with E-state index in [4.69, 9.17) is 4.74 Å². The van der Waals surface area contributed by atoms with Crippen LogP contribution < -0.4 is 15.1 Å². The smallest absolute Gasteiger partial charge is 0.249 e. The van der Waals surface area contributed by atoms with Gasteiger partial charge in [-0.2, -0.15) is 0 Å². The predicted molar refractivity (Wildman–Crippen MR) is 123 cm³/mol. The summed E-state index contributed by atoms with van der Waals surface area (Å²) in [6, 6.07) is 2.90. The van der Waals surface area contributed by atoms with Gasteiger partial charge in [0.2, 0.25) is 11.8 Å². The molecule has 1 aliphatic carbocycles. The molecular formula is C26H31N3O5. The maximum absolute atomic E-state index is 14.1. The van der Waals surface area contributed by atoms with Crippen LogP contribution in [0.1, 0.15) is 64.5 Å². The second-order valence-corrected chi connectivity index (χ2v) is 12.4. The predicted octanol–water partition coefficient (Wildman–Crippen LogP) is 1.13. The molecule has 3 N–H and O–H groups in total. The number of rotatable bonds is 0. The molecule has 180 valence electrons. The van der Waals surface area contributed by atoms with E-state index in [9.17, 15) is 19.9 Å². The van der Waals surface area contributed by atoms with Crippen LogP contribution in [0, 0.1) is 16.5 Å². The van der Waals surface area contributed by atoms with E-state index in [0.717, 1.165) is 6.42 Å². The average molecular weight is 466 g/mol. The number of carbonyl (C=O) groups excluding carboxylic acids is 2. The lowest BCUT2D eigenvalue weighted by Gasteiger charge is -2.67. The third-order valence-electron chi connectivity index (χ3n) is 9.88. The van der Waals surface area contributed by atoms with Crippen LogP contribution in [-0.2, 0) is 15.2 Å². The number of ether oxygens (including phenoxy) is 1. The van der Waals surface area contributed by atoms with Gasteiger partial charge in [-0.15, -0.1) is 0 Å². The van der Waals surface area contributed by atoms with Crippen molar-refractivity contribution in [2.24, 2.45) is 11.3 Å². The summed E-state index contributed by atoms with van der Waals surface area (Å²) in [6.07, 6.45) is 5.86. The lowest BCUT2D eigenvalue weighted by atomic mass is 9.46. The van der Waals surface area contributed by atoms with Gasteiger partial charge in [0.15, 0.2) is 5.60 Å². The second-order valence-electron chi connectivity index (χ2n) is 12.4. The molecule has 2 bridgehead atoms. The van der Waals surface area contributed by atoms with E-state index in [1.165, 1.54) is 0 Å². The van der Waals surface area contributed by atoms with Crippen LogP contribution in [0.4, 0.5) is 5.69 Å². The summed E-state index contributed by atoms with van der Waals surface area (Å²) in [7, 11) is 0. The largest absolute Gasteiger partial charge is 0.629 e.